The van der Waals surface area contributed by atoms with Crippen LogP contribution in [0.1, 0.15) is 18.5 Å². The van der Waals surface area contributed by atoms with Gasteiger partial charge >= 0.3 is 12.0 Å². The molecule has 0 aliphatic carbocycles. The van der Waals surface area contributed by atoms with Crippen molar-refractivity contribution >= 4 is 35.2 Å². The number of methoxy groups -OCH3 is 2. The van der Waals surface area contributed by atoms with Gasteiger partial charge in [-0.2, -0.15) is 0 Å². The molecule has 1 heterocycles. The lowest BCUT2D eigenvalue weighted by Gasteiger charge is -2.35. The van der Waals surface area contributed by atoms with E-state index in [0.29, 0.717) is 34.5 Å². The fourth-order valence-electron chi connectivity index (χ4n) is 2.61. The summed E-state index contributed by atoms with van der Waals surface area (Å²) in [4.78, 5) is 26.2. The van der Waals surface area contributed by atoms with Gasteiger partial charge in [-0.25, -0.2) is 9.59 Å². The third-order valence-electron chi connectivity index (χ3n) is 3.81. The smallest absolute Gasteiger partial charge is 0.337 e. The van der Waals surface area contributed by atoms with Crippen molar-refractivity contribution in [2.24, 2.45) is 0 Å². The van der Waals surface area contributed by atoms with Crippen molar-refractivity contribution in [1.29, 1.82) is 0 Å². The Morgan fingerprint density at radius 2 is 1.92 bits per heavy atom. The van der Waals surface area contributed by atoms with E-state index in [0.717, 1.165) is 0 Å². The highest BCUT2D eigenvalue weighted by Gasteiger charge is 2.37. The van der Waals surface area contributed by atoms with Gasteiger partial charge in [-0.15, -0.1) is 0 Å². The number of ether oxygens (including phenoxy) is 2. The maximum Gasteiger partial charge on any atom is 0.337 e. The molecule has 1 aliphatic heterocycles. The lowest BCUT2D eigenvalue weighted by atomic mass is 9.94. The van der Waals surface area contributed by atoms with Crippen molar-refractivity contribution in [3.05, 3.63) is 45.1 Å². The largest absolute Gasteiger partial charge is 0.466 e. The first kappa shape index (κ1) is 18.6. The van der Waals surface area contributed by atoms with Gasteiger partial charge in [-0.1, -0.05) is 29.3 Å². The van der Waals surface area contributed by atoms with Crippen molar-refractivity contribution < 1.29 is 19.1 Å². The van der Waals surface area contributed by atoms with Crippen LogP contribution in [0.2, 0.25) is 10.0 Å². The van der Waals surface area contributed by atoms with E-state index in [1.54, 1.807) is 25.1 Å². The number of hydrogen-bond acceptors (Lipinski definition) is 4. The summed E-state index contributed by atoms with van der Waals surface area (Å²) in [5.41, 5.74) is 1.21. The first-order chi connectivity index (χ1) is 11.4. The van der Waals surface area contributed by atoms with Gasteiger partial charge in [0.15, 0.2) is 0 Å². The van der Waals surface area contributed by atoms with E-state index in [1.807, 2.05) is 0 Å². The summed E-state index contributed by atoms with van der Waals surface area (Å²) in [5, 5.41) is 3.48. The van der Waals surface area contributed by atoms with E-state index in [-0.39, 0.29) is 11.6 Å². The number of allylic oxidation sites excluding steroid dienone is 1. The highest BCUT2D eigenvalue weighted by Crippen LogP contribution is 2.38. The molecule has 0 saturated heterocycles. The molecular weight excluding hydrogens is 355 g/mol. The Bertz CT molecular complexity index is 670. The number of rotatable bonds is 5. The molecule has 1 N–H and O–H groups in total. The average molecular weight is 373 g/mol. The first-order valence-corrected chi connectivity index (χ1v) is 7.97. The maximum absolute atomic E-state index is 12.5. The van der Waals surface area contributed by atoms with E-state index in [4.69, 9.17) is 32.7 Å². The van der Waals surface area contributed by atoms with Gasteiger partial charge in [-0.3, -0.25) is 4.90 Å². The molecule has 0 unspecified atom stereocenters. The van der Waals surface area contributed by atoms with Crippen LogP contribution in [0, 0.1) is 0 Å². The van der Waals surface area contributed by atoms with Gasteiger partial charge in [0, 0.05) is 28.4 Å². The van der Waals surface area contributed by atoms with Crippen LogP contribution in [0.25, 0.3) is 0 Å². The van der Waals surface area contributed by atoms with Gasteiger partial charge in [-0.05, 0) is 19.1 Å². The molecule has 2 rings (SSSR count). The molecule has 2 amide bonds. The van der Waals surface area contributed by atoms with Gasteiger partial charge < -0.3 is 14.8 Å². The van der Waals surface area contributed by atoms with E-state index < -0.39 is 12.0 Å². The molecule has 0 aromatic heterocycles. The molecule has 1 aromatic rings. The standard InChI is InChI=1S/C16H18Cl2N2O4/c1-9-12(15(21)24-3)14(13-10(17)5-4-6-11(13)18)19-16(22)20(9)7-8-23-2/h4-6,14H,7-8H2,1-3H3,(H,19,22)/t14-/m0/s1. The number of urea groups is 1. The first-order valence-electron chi connectivity index (χ1n) is 7.22. The molecule has 1 aliphatic rings. The fraction of sp³-hybridized carbons (Fsp3) is 0.375. The van der Waals surface area contributed by atoms with Crippen LogP contribution < -0.4 is 5.32 Å². The number of carbonyl (C=O) groups excluding carboxylic acids is 2. The molecule has 1 aromatic carbocycles. The minimum absolute atomic E-state index is 0.281. The van der Waals surface area contributed by atoms with E-state index in [9.17, 15) is 9.59 Å². The van der Waals surface area contributed by atoms with Crippen LogP contribution in [-0.2, 0) is 14.3 Å². The second-order valence-corrected chi connectivity index (χ2v) is 5.97. The summed E-state index contributed by atoms with van der Waals surface area (Å²) in [6.45, 7) is 2.31. The zero-order valence-corrected chi connectivity index (χ0v) is 15.1. The van der Waals surface area contributed by atoms with Crippen molar-refractivity contribution in [1.82, 2.24) is 10.2 Å². The Hall–Kier alpha value is -1.76. The Kier molecular flexibility index (Phi) is 6.10. The number of esters is 1. The molecule has 0 bridgehead atoms. The maximum atomic E-state index is 12.5. The zero-order chi connectivity index (χ0) is 17.9. The lowest BCUT2D eigenvalue weighted by molar-refractivity contribution is -0.136. The summed E-state index contributed by atoms with van der Waals surface area (Å²) >= 11 is 12.5. The SMILES string of the molecule is COCCN1C(=O)N[C@H](c2c(Cl)cccc2Cl)C(C(=O)OC)=C1C. The summed E-state index contributed by atoms with van der Waals surface area (Å²) in [7, 11) is 2.82. The number of nitrogens with one attached hydrogen (secondary N) is 1. The minimum atomic E-state index is -0.787. The number of amides is 2. The van der Waals surface area contributed by atoms with Crippen molar-refractivity contribution in [2.45, 2.75) is 13.0 Å². The molecular formula is C16H18Cl2N2O4. The van der Waals surface area contributed by atoms with Crippen molar-refractivity contribution in [3.8, 4) is 0 Å². The summed E-state index contributed by atoms with van der Waals surface area (Å²) < 4.78 is 9.90. The number of nitrogens with zero attached hydrogens (tertiary/aromatic N) is 1. The van der Waals surface area contributed by atoms with Crippen LogP contribution in [0.15, 0.2) is 29.5 Å². The predicted octanol–water partition coefficient (Wildman–Crippen LogP) is 3.15. The predicted molar refractivity (Wildman–Crippen MR) is 91.0 cm³/mol. The van der Waals surface area contributed by atoms with Gasteiger partial charge in [0.2, 0.25) is 0 Å². The molecule has 24 heavy (non-hydrogen) atoms. The van der Waals surface area contributed by atoms with Crippen LogP contribution in [0.5, 0.6) is 0 Å². The lowest BCUT2D eigenvalue weighted by Crippen LogP contribution is -2.49. The van der Waals surface area contributed by atoms with E-state index in [1.165, 1.54) is 19.1 Å². The zero-order valence-electron chi connectivity index (χ0n) is 13.6. The summed E-state index contributed by atoms with van der Waals surface area (Å²) in [6, 6.07) is 3.84. The van der Waals surface area contributed by atoms with Gasteiger partial charge in [0.1, 0.15) is 0 Å². The molecule has 0 saturated carbocycles. The number of halogens is 2. The molecule has 6 nitrogen and oxygen atoms in total. The van der Waals surface area contributed by atoms with Crippen LogP contribution >= 0.6 is 23.2 Å². The Labute approximate surface area is 150 Å². The third-order valence-corrected chi connectivity index (χ3v) is 4.47. The molecule has 1 atom stereocenters. The number of benzene rings is 1. The second kappa shape index (κ2) is 7.88. The highest BCUT2D eigenvalue weighted by molar-refractivity contribution is 6.36. The number of carbonyl (C=O) groups is 2. The quantitative estimate of drug-likeness (QED) is 0.806. The van der Waals surface area contributed by atoms with Crippen molar-refractivity contribution in [3.63, 3.8) is 0 Å². The highest BCUT2D eigenvalue weighted by atomic mass is 35.5. The molecule has 0 fully saturated rings. The topological polar surface area (TPSA) is 67.9 Å². The number of hydrogen-bond donors (Lipinski definition) is 1. The van der Waals surface area contributed by atoms with Gasteiger partial charge in [0.05, 0.1) is 31.9 Å². The Morgan fingerprint density at radius 1 is 1.29 bits per heavy atom. The summed E-state index contributed by atoms with van der Waals surface area (Å²) in [5.74, 6) is -0.559. The van der Waals surface area contributed by atoms with Crippen LogP contribution in [-0.4, -0.2) is 44.3 Å². The Morgan fingerprint density at radius 3 is 2.46 bits per heavy atom. The third kappa shape index (κ3) is 3.50. The normalized spacial score (nSPS) is 17.8. The molecule has 130 valence electrons. The minimum Gasteiger partial charge on any atom is -0.466 e. The molecule has 8 heteroatoms. The van der Waals surface area contributed by atoms with Crippen LogP contribution in [0.3, 0.4) is 0 Å². The van der Waals surface area contributed by atoms with E-state index >= 15 is 0 Å². The average Bonchev–Trinajstić information content (AvgIpc) is 2.54. The van der Waals surface area contributed by atoms with Crippen molar-refractivity contribution in [2.75, 3.05) is 27.4 Å². The monoisotopic (exact) mass is 372 g/mol. The molecule has 0 spiro atoms. The molecule has 0 radical (unpaired) electrons. The van der Waals surface area contributed by atoms with Gasteiger partial charge in [0.25, 0.3) is 0 Å². The second-order valence-electron chi connectivity index (χ2n) is 5.15. The fourth-order valence-corrected chi connectivity index (χ4v) is 3.23. The Balaban J connectivity index is 2.57. The van der Waals surface area contributed by atoms with E-state index in [2.05, 4.69) is 5.32 Å². The summed E-state index contributed by atoms with van der Waals surface area (Å²) in [6.07, 6.45) is 0. The van der Waals surface area contributed by atoms with Crippen LogP contribution in [0.4, 0.5) is 4.79 Å².